The lowest BCUT2D eigenvalue weighted by molar-refractivity contribution is 0.595. The Morgan fingerprint density at radius 1 is 1.59 bits per heavy atom. The molecule has 0 radical (unpaired) electrons. The molecule has 0 atom stereocenters. The molecule has 1 aromatic heterocycles. The van der Waals surface area contributed by atoms with Crippen LogP contribution in [0.15, 0.2) is 12.3 Å². The summed E-state index contributed by atoms with van der Waals surface area (Å²) < 4.78 is 21.4. The van der Waals surface area contributed by atoms with Crippen molar-refractivity contribution in [2.75, 3.05) is 17.6 Å². The second-order valence-electron chi connectivity index (χ2n) is 3.61. The number of pyridine rings is 1. The van der Waals surface area contributed by atoms with Gasteiger partial charge in [0.25, 0.3) is 0 Å². The number of aromatic nitrogens is 1. The molecule has 0 spiro atoms. The molecule has 0 bridgehead atoms. The van der Waals surface area contributed by atoms with Crippen LogP contribution in [0.4, 0.5) is 5.82 Å². The van der Waals surface area contributed by atoms with E-state index in [0.717, 1.165) is 5.56 Å². The molecular formula is C10H14N4O2S. The monoisotopic (exact) mass is 254 g/mol. The fourth-order valence-corrected chi connectivity index (χ4v) is 1.86. The predicted octanol–water partition coefficient (Wildman–Crippen LogP) is 0.352. The number of hydrogen-bond acceptors (Lipinski definition) is 5. The van der Waals surface area contributed by atoms with Crippen molar-refractivity contribution in [2.45, 2.75) is 13.3 Å². The minimum absolute atomic E-state index is 0.0896. The molecule has 6 nitrogen and oxygen atoms in total. The molecule has 0 amide bonds. The average Bonchev–Trinajstić information content (AvgIpc) is 2.23. The number of nitrogens with zero attached hydrogens (tertiary/aromatic N) is 2. The molecule has 0 aliphatic carbocycles. The molecule has 1 heterocycles. The average molecular weight is 254 g/mol. The summed E-state index contributed by atoms with van der Waals surface area (Å²) in [6.45, 7) is 2.22. The van der Waals surface area contributed by atoms with E-state index in [-0.39, 0.29) is 5.75 Å². The highest BCUT2D eigenvalue weighted by atomic mass is 32.2. The second-order valence-corrected chi connectivity index (χ2v) is 5.34. The molecule has 0 saturated heterocycles. The second kappa shape index (κ2) is 5.61. The minimum Gasteiger partial charge on any atom is -0.369 e. The fourth-order valence-electron chi connectivity index (χ4n) is 1.31. The fraction of sp³-hybridized carbons (Fsp3) is 0.400. The first-order chi connectivity index (χ1) is 7.94. The molecule has 3 N–H and O–H groups in total. The van der Waals surface area contributed by atoms with Gasteiger partial charge in [-0.15, -0.1) is 0 Å². The standard InChI is InChI=1S/C10H14N4O2S/c1-8-3-5-14-10(9(8)7-11)13-4-2-6-17(12,15)16/h3,5H,2,4,6H2,1H3,(H,13,14)(H2,12,15,16). The number of anilines is 1. The van der Waals surface area contributed by atoms with Crippen molar-refractivity contribution in [1.29, 1.82) is 5.26 Å². The van der Waals surface area contributed by atoms with Crippen LogP contribution in [0, 0.1) is 18.3 Å². The van der Waals surface area contributed by atoms with Crippen molar-refractivity contribution >= 4 is 15.8 Å². The Kier molecular flexibility index (Phi) is 4.43. The van der Waals surface area contributed by atoms with Crippen molar-refractivity contribution < 1.29 is 8.42 Å². The van der Waals surface area contributed by atoms with E-state index in [9.17, 15) is 8.42 Å². The SMILES string of the molecule is Cc1ccnc(NCCCS(N)(=O)=O)c1C#N. The van der Waals surface area contributed by atoms with Crippen molar-refractivity contribution in [2.24, 2.45) is 5.14 Å². The molecule has 1 aromatic rings. The smallest absolute Gasteiger partial charge is 0.209 e. The maximum absolute atomic E-state index is 10.7. The van der Waals surface area contributed by atoms with Gasteiger partial charge in [-0.3, -0.25) is 0 Å². The van der Waals surface area contributed by atoms with Gasteiger partial charge in [-0.05, 0) is 25.0 Å². The third kappa shape index (κ3) is 4.38. The number of nitrogens with one attached hydrogen (secondary N) is 1. The van der Waals surface area contributed by atoms with Crippen LogP contribution >= 0.6 is 0 Å². The summed E-state index contributed by atoms with van der Waals surface area (Å²) in [5.41, 5.74) is 1.31. The van der Waals surface area contributed by atoms with Gasteiger partial charge >= 0.3 is 0 Å². The number of primary sulfonamides is 1. The van der Waals surface area contributed by atoms with E-state index in [1.165, 1.54) is 0 Å². The minimum atomic E-state index is -3.43. The summed E-state index contributed by atoms with van der Waals surface area (Å²) in [4.78, 5) is 4.03. The first-order valence-electron chi connectivity index (χ1n) is 5.04. The number of rotatable bonds is 5. The van der Waals surface area contributed by atoms with Gasteiger partial charge in [0.05, 0.1) is 11.3 Å². The van der Waals surface area contributed by atoms with Crippen LogP contribution in [0.3, 0.4) is 0 Å². The highest BCUT2D eigenvalue weighted by molar-refractivity contribution is 7.89. The third-order valence-corrected chi connectivity index (χ3v) is 3.03. The van der Waals surface area contributed by atoms with Gasteiger partial charge in [0, 0.05) is 12.7 Å². The number of nitrogens with two attached hydrogens (primary N) is 1. The van der Waals surface area contributed by atoms with Crippen LogP contribution < -0.4 is 10.5 Å². The Balaban J connectivity index is 2.59. The van der Waals surface area contributed by atoms with E-state index >= 15 is 0 Å². The zero-order valence-electron chi connectivity index (χ0n) is 9.47. The molecule has 0 aromatic carbocycles. The quantitative estimate of drug-likeness (QED) is 0.737. The van der Waals surface area contributed by atoms with E-state index < -0.39 is 10.0 Å². The summed E-state index contributed by atoms with van der Waals surface area (Å²) >= 11 is 0. The van der Waals surface area contributed by atoms with Crippen LogP contribution in [0.25, 0.3) is 0 Å². The van der Waals surface area contributed by atoms with E-state index in [1.54, 1.807) is 12.3 Å². The predicted molar refractivity (Wildman–Crippen MR) is 64.8 cm³/mol. The third-order valence-electron chi connectivity index (χ3n) is 2.17. The molecule has 17 heavy (non-hydrogen) atoms. The van der Waals surface area contributed by atoms with Gasteiger partial charge in [0.2, 0.25) is 10.0 Å². The largest absolute Gasteiger partial charge is 0.369 e. The van der Waals surface area contributed by atoms with Crippen LogP contribution in [-0.4, -0.2) is 25.7 Å². The van der Waals surface area contributed by atoms with Gasteiger partial charge in [0.1, 0.15) is 11.9 Å². The van der Waals surface area contributed by atoms with E-state index in [4.69, 9.17) is 10.4 Å². The van der Waals surface area contributed by atoms with Gasteiger partial charge < -0.3 is 5.32 Å². The molecule has 0 aliphatic heterocycles. The Morgan fingerprint density at radius 2 is 2.29 bits per heavy atom. The normalized spacial score (nSPS) is 10.9. The van der Waals surface area contributed by atoms with Crippen molar-refractivity contribution in [3.63, 3.8) is 0 Å². The molecule has 92 valence electrons. The molecule has 1 rings (SSSR count). The zero-order valence-corrected chi connectivity index (χ0v) is 10.3. The topological polar surface area (TPSA) is 109 Å². The molecule has 0 saturated carbocycles. The summed E-state index contributed by atoms with van der Waals surface area (Å²) in [7, 11) is -3.43. The zero-order chi connectivity index (χ0) is 12.9. The Bertz CT molecular complexity index is 534. The van der Waals surface area contributed by atoms with Crippen molar-refractivity contribution in [1.82, 2.24) is 4.98 Å². The Hall–Kier alpha value is -1.65. The van der Waals surface area contributed by atoms with Gasteiger partial charge in [-0.25, -0.2) is 18.5 Å². The number of sulfonamides is 1. The summed E-state index contributed by atoms with van der Waals surface area (Å²) in [6.07, 6.45) is 1.97. The molecule has 0 unspecified atom stereocenters. The van der Waals surface area contributed by atoms with Crippen molar-refractivity contribution in [3.05, 3.63) is 23.4 Å². The maximum Gasteiger partial charge on any atom is 0.209 e. The summed E-state index contributed by atoms with van der Waals surface area (Å²) in [6, 6.07) is 3.80. The number of nitriles is 1. The number of aryl methyl sites for hydroxylation is 1. The van der Waals surface area contributed by atoms with Crippen LogP contribution in [0.1, 0.15) is 17.5 Å². The Morgan fingerprint density at radius 3 is 2.88 bits per heavy atom. The van der Waals surface area contributed by atoms with E-state index in [2.05, 4.69) is 16.4 Å². The lowest BCUT2D eigenvalue weighted by Crippen LogP contribution is -2.19. The number of hydrogen-bond donors (Lipinski definition) is 2. The lowest BCUT2D eigenvalue weighted by Gasteiger charge is -2.07. The first kappa shape index (κ1) is 13.4. The van der Waals surface area contributed by atoms with Crippen LogP contribution in [-0.2, 0) is 10.0 Å². The highest BCUT2D eigenvalue weighted by Gasteiger charge is 2.06. The van der Waals surface area contributed by atoms with E-state index in [0.29, 0.717) is 24.3 Å². The van der Waals surface area contributed by atoms with Crippen LogP contribution in [0.2, 0.25) is 0 Å². The molecule has 7 heteroatoms. The van der Waals surface area contributed by atoms with Gasteiger partial charge in [-0.2, -0.15) is 5.26 Å². The summed E-state index contributed by atoms with van der Waals surface area (Å²) in [5.74, 6) is 0.384. The van der Waals surface area contributed by atoms with Gasteiger partial charge in [0.15, 0.2) is 0 Å². The molecule has 0 aliphatic rings. The summed E-state index contributed by atoms with van der Waals surface area (Å²) in [5, 5.41) is 16.7. The van der Waals surface area contributed by atoms with Crippen molar-refractivity contribution in [3.8, 4) is 6.07 Å². The first-order valence-corrected chi connectivity index (χ1v) is 6.75. The van der Waals surface area contributed by atoms with Gasteiger partial charge in [-0.1, -0.05) is 0 Å². The molecule has 0 fully saturated rings. The maximum atomic E-state index is 10.7. The highest BCUT2D eigenvalue weighted by Crippen LogP contribution is 2.14. The Labute approximate surface area is 101 Å². The van der Waals surface area contributed by atoms with Crippen LogP contribution in [0.5, 0.6) is 0 Å². The van der Waals surface area contributed by atoms with E-state index in [1.807, 2.05) is 6.92 Å². The lowest BCUT2D eigenvalue weighted by atomic mass is 10.1. The molecular weight excluding hydrogens is 240 g/mol.